The SMILES string of the molecule is CCOC(=O)C1=C(C)N=c2sc(=Cc3cc(Br)c(OCc4ccccc4)c(Br)c3)c(=O)n2C1c1ccccc1. The first-order chi connectivity index (χ1) is 18.9. The van der Waals surface area contributed by atoms with E-state index in [1.807, 2.05) is 78.9 Å². The van der Waals surface area contributed by atoms with Crippen molar-refractivity contribution in [2.75, 3.05) is 6.61 Å². The van der Waals surface area contributed by atoms with E-state index >= 15 is 0 Å². The van der Waals surface area contributed by atoms with E-state index in [4.69, 9.17) is 9.47 Å². The van der Waals surface area contributed by atoms with Crippen molar-refractivity contribution in [1.29, 1.82) is 0 Å². The van der Waals surface area contributed by atoms with Crippen LogP contribution in [0.25, 0.3) is 6.08 Å². The van der Waals surface area contributed by atoms with Gasteiger partial charge in [0.25, 0.3) is 5.56 Å². The maximum absolute atomic E-state index is 13.8. The molecule has 39 heavy (non-hydrogen) atoms. The van der Waals surface area contributed by atoms with Gasteiger partial charge in [0.15, 0.2) is 4.80 Å². The molecule has 0 amide bonds. The van der Waals surface area contributed by atoms with Crippen molar-refractivity contribution in [2.45, 2.75) is 26.5 Å². The summed E-state index contributed by atoms with van der Waals surface area (Å²) < 4.78 is 15.0. The molecule has 3 aromatic carbocycles. The van der Waals surface area contributed by atoms with Crippen LogP contribution in [0.2, 0.25) is 0 Å². The minimum absolute atomic E-state index is 0.224. The molecule has 0 bridgehead atoms. The zero-order valence-corrected chi connectivity index (χ0v) is 25.2. The van der Waals surface area contributed by atoms with Gasteiger partial charge >= 0.3 is 5.97 Å². The van der Waals surface area contributed by atoms with Crippen molar-refractivity contribution in [3.63, 3.8) is 0 Å². The Hall–Kier alpha value is -3.27. The minimum Gasteiger partial charge on any atom is -0.487 e. The van der Waals surface area contributed by atoms with Crippen LogP contribution in [0.3, 0.4) is 0 Å². The van der Waals surface area contributed by atoms with E-state index in [0.717, 1.165) is 25.6 Å². The van der Waals surface area contributed by atoms with Gasteiger partial charge in [0.1, 0.15) is 12.4 Å². The zero-order chi connectivity index (χ0) is 27.5. The van der Waals surface area contributed by atoms with Gasteiger partial charge in [-0.15, -0.1) is 0 Å². The number of fused-ring (bicyclic) bond motifs is 1. The Morgan fingerprint density at radius 2 is 1.69 bits per heavy atom. The molecule has 9 heteroatoms. The molecule has 0 spiro atoms. The number of rotatable bonds is 7. The summed E-state index contributed by atoms with van der Waals surface area (Å²) in [5.74, 6) is 0.206. The van der Waals surface area contributed by atoms with Crippen LogP contribution in [0.1, 0.15) is 36.6 Å². The summed E-state index contributed by atoms with van der Waals surface area (Å²) in [5.41, 5.74) is 3.37. The van der Waals surface area contributed by atoms with Gasteiger partial charge in [0.2, 0.25) is 0 Å². The number of ether oxygens (including phenoxy) is 2. The number of halogens is 2. The maximum Gasteiger partial charge on any atom is 0.338 e. The number of thiazole rings is 1. The second-order valence-corrected chi connectivity index (χ2v) is 11.5. The number of carbonyl (C=O) groups is 1. The molecule has 1 atom stereocenters. The van der Waals surface area contributed by atoms with Crippen molar-refractivity contribution in [3.8, 4) is 5.75 Å². The number of aromatic nitrogens is 1. The average molecular weight is 668 g/mol. The predicted molar refractivity (Wildman–Crippen MR) is 159 cm³/mol. The van der Waals surface area contributed by atoms with Gasteiger partial charge in [-0.25, -0.2) is 9.79 Å². The molecule has 0 aliphatic carbocycles. The van der Waals surface area contributed by atoms with E-state index in [1.54, 1.807) is 18.4 Å². The molecule has 0 saturated carbocycles. The molecule has 1 aliphatic heterocycles. The first kappa shape index (κ1) is 27.3. The average Bonchev–Trinajstić information content (AvgIpc) is 3.22. The third kappa shape index (κ3) is 5.71. The molecule has 1 aliphatic rings. The highest BCUT2D eigenvalue weighted by molar-refractivity contribution is 9.11. The van der Waals surface area contributed by atoms with Crippen LogP contribution in [0.5, 0.6) is 5.75 Å². The Morgan fingerprint density at radius 3 is 2.33 bits per heavy atom. The van der Waals surface area contributed by atoms with Gasteiger partial charge in [-0.05, 0) is 80.6 Å². The van der Waals surface area contributed by atoms with Gasteiger partial charge < -0.3 is 9.47 Å². The molecule has 2 heterocycles. The van der Waals surface area contributed by atoms with Crippen molar-refractivity contribution >= 4 is 55.2 Å². The van der Waals surface area contributed by atoms with Gasteiger partial charge in [0.05, 0.1) is 37.4 Å². The highest BCUT2D eigenvalue weighted by Crippen LogP contribution is 2.36. The first-order valence-electron chi connectivity index (χ1n) is 12.3. The van der Waals surface area contributed by atoms with Crippen LogP contribution in [-0.2, 0) is 16.1 Å². The molecule has 0 fully saturated rings. The normalized spacial score (nSPS) is 15.1. The summed E-state index contributed by atoms with van der Waals surface area (Å²) in [7, 11) is 0. The summed E-state index contributed by atoms with van der Waals surface area (Å²) in [4.78, 5) is 31.9. The van der Waals surface area contributed by atoms with Gasteiger partial charge in [-0.2, -0.15) is 0 Å². The van der Waals surface area contributed by atoms with Crippen LogP contribution in [0.4, 0.5) is 0 Å². The Morgan fingerprint density at radius 1 is 1.05 bits per heavy atom. The topological polar surface area (TPSA) is 69.9 Å². The molecular formula is C30H24Br2N2O4S. The lowest BCUT2D eigenvalue weighted by Gasteiger charge is -2.24. The number of hydrogen-bond acceptors (Lipinski definition) is 6. The molecule has 4 aromatic rings. The summed E-state index contributed by atoms with van der Waals surface area (Å²) in [6.07, 6.45) is 1.83. The van der Waals surface area contributed by atoms with E-state index in [1.165, 1.54) is 11.3 Å². The second kappa shape index (κ2) is 11.9. The molecule has 0 saturated heterocycles. The predicted octanol–water partition coefficient (Wildman–Crippen LogP) is 5.90. The second-order valence-electron chi connectivity index (χ2n) is 8.80. The van der Waals surface area contributed by atoms with Gasteiger partial charge in [-0.1, -0.05) is 72.0 Å². The van der Waals surface area contributed by atoms with E-state index in [2.05, 4.69) is 36.9 Å². The van der Waals surface area contributed by atoms with Gasteiger partial charge in [0, 0.05) is 0 Å². The zero-order valence-electron chi connectivity index (χ0n) is 21.2. The van der Waals surface area contributed by atoms with Crippen LogP contribution in [0, 0.1) is 0 Å². The number of hydrogen-bond donors (Lipinski definition) is 0. The fourth-order valence-electron chi connectivity index (χ4n) is 4.42. The van der Waals surface area contributed by atoms with Crippen LogP contribution in [0.15, 0.2) is 103 Å². The Balaban J connectivity index is 1.56. The molecular weight excluding hydrogens is 644 g/mol. The number of allylic oxidation sites excluding steroid dienone is 1. The van der Waals surface area contributed by atoms with E-state index in [9.17, 15) is 9.59 Å². The number of nitrogens with zero attached hydrogens (tertiary/aromatic N) is 2. The van der Waals surface area contributed by atoms with E-state index in [0.29, 0.717) is 33.0 Å². The lowest BCUT2D eigenvalue weighted by Crippen LogP contribution is -2.39. The molecule has 198 valence electrons. The first-order valence-corrected chi connectivity index (χ1v) is 14.7. The molecule has 1 unspecified atom stereocenters. The number of esters is 1. The minimum atomic E-state index is -0.629. The third-order valence-corrected chi connectivity index (χ3v) is 8.34. The molecule has 0 N–H and O–H groups in total. The largest absolute Gasteiger partial charge is 0.487 e. The van der Waals surface area contributed by atoms with Crippen LogP contribution >= 0.6 is 43.2 Å². The van der Waals surface area contributed by atoms with Crippen molar-refractivity contribution < 1.29 is 14.3 Å². The molecule has 6 nitrogen and oxygen atoms in total. The molecule has 0 radical (unpaired) electrons. The summed E-state index contributed by atoms with van der Waals surface area (Å²) in [5, 5.41) is 0. The molecule has 5 rings (SSSR count). The maximum atomic E-state index is 13.8. The lowest BCUT2D eigenvalue weighted by atomic mass is 9.96. The number of benzene rings is 3. The molecule has 1 aromatic heterocycles. The Bertz CT molecular complexity index is 1720. The number of carbonyl (C=O) groups excluding carboxylic acids is 1. The highest BCUT2D eigenvalue weighted by atomic mass is 79.9. The summed E-state index contributed by atoms with van der Waals surface area (Å²) >= 11 is 8.52. The van der Waals surface area contributed by atoms with Gasteiger partial charge in [-0.3, -0.25) is 9.36 Å². The quantitative estimate of drug-likeness (QED) is 0.230. The van der Waals surface area contributed by atoms with Crippen LogP contribution < -0.4 is 19.6 Å². The van der Waals surface area contributed by atoms with E-state index < -0.39 is 12.0 Å². The third-order valence-electron chi connectivity index (χ3n) is 6.18. The summed E-state index contributed by atoms with van der Waals surface area (Å²) in [6.45, 7) is 4.20. The lowest BCUT2D eigenvalue weighted by molar-refractivity contribution is -0.139. The monoisotopic (exact) mass is 666 g/mol. The van der Waals surface area contributed by atoms with Crippen molar-refractivity contribution in [3.05, 3.63) is 129 Å². The standard InChI is InChI=1S/C30H24Br2N2O4S/c1-3-37-29(36)25-18(2)33-30-34(26(25)21-12-8-5-9-13-21)28(35)24(39-30)16-20-14-22(31)27(23(32)15-20)38-17-19-10-6-4-7-11-19/h4-16,26H,3,17H2,1-2H3. The smallest absolute Gasteiger partial charge is 0.338 e. The summed E-state index contributed by atoms with van der Waals surface area (Å²) in [6, 6.07) is 22.6. The highest BCUT2D eigenvalue weighted by Gasteiger charge is 2.33. The Kier molecular flexibility index (Phi) is 8.30. The van der Waals surface area contributed by atoms with Crippen LogP contribution in [-0.4, -0.2) is 17.1 Å². The fourth-order valence-corrected chi connectivity index (χ4v) is 6.92. The van der Waals surface area contributed by atoms with E-state index in [-0.39, 0.29) is 12.2 Å². The van der Waals surface area contributed by atoms with Crippen molar-refractivity contribution in [1.82, 2.24) is 4.57 Å². The Labute approximate surface area is 246 Å². The van der Waals surface area contributed by atoms with Crippen molar-refractivity contribution in [2.24, 2.45) is 4.99 Å². The fraction of sp³-hybridized carbons (Fsp3) is 0.167.